The van der Waals surface area contributed by atoms with Crippen LogP contribution in [0.3, 0.4) is 0 Å². The van der Waals surface area contributed by atoms with Gasteiger partial charge < -0.3 is 10.2 Å². The van der Waals surface area contributed by atoms with Crippen molar-refractivity contribution in [1.29, 1.82) is 0 Å². The zero-order valence-corrected chi connectivity index (χ0v) is 11.6. The van der Waals surface area contributed by atoms with Crippen LogP contribution in [0.2, 0.25) is 0 Å². The molecule has 0 aromatic rings. The van der Waals surface area contributed by atoms with Gasteiger partial charge in [0, 0.05) is 24.8 Å². The van der Waals surface area contributed by atoms with E-state index in [2.05, 4.69) is 16.5 Å². The zero-order valence-electron chi connectivity index (χ0n) is 10.8. The van der Waals surface area contributed by atoms with Crippen LogP contribution in [-0.4, -0.2) is 48.5 Å². The smallest absolute Gasteiger partial charge is 0.223 e. The van der Waals surface area contributed by atoms with Gasteiger partial charge in [0.05, 0.1) is 0 Å². The first-order valence-corrected chi connectivity index (χ1v) is 8.19. The Bertz CT molecular complexity index is 250. The van der Waals surface area contributed by atoms with Crippen molar-refractivity contribution in [1.82, 2.24) is 10.2 Å². The fraction of sp³-hybridized carbons (Fsp3) is 0.923. The van der Waals surface area contributed by atoms with E-state index in [0.29, 0.717) is 11.9 Å². The molecule has 2 aliphatic rings. The molecule has 1 saturated heterocycles. The standard InChI is InChI=1S/C13H24N2OS/c1-17-9-6-13(16)15(12-2-3-12)10-11-4-7-14-8-5-11/h11-12,14H,2-10H2,1H3. The summed E-state index contributed by atoms with van der Waals surface area (Å²) in [7, 11) is 0. The van der Waals surface area contributed by atoms with E-state index < -0.39 is 0 Å². The largest absolute Gasteiger partial charge is 0.339 e. The van der Waals surface area contributed by atoms with Gasteiger partial charge in [0.25, 0.3) is 0 Å². The fourth-order valence-electron chi connectivity index (χ4n) is 2.52. The van der Waals surface area contributed by atoms with Gasteiger partial charge in [0.1, 0.15) is 0 Å². The normalized spacial score (nSPS) is 21.5. The molecular weight excluding hydrogens is 232 g/mol. The molecule has 4 heteroatoms. The van der Waals surface area contributed by atoms with Gasteiger partial charge >= 0.3 is 0 Å². The Morgan fingerprint density at radius 1 is 1.29 bits per heavy atom. The van der Waals surface area contributed by atoms with Crippen molar-refractivity contribution in [3.8, 4) is 0 Å². The first kappa shape index (κ1) is 13.2. The van der Waals surface area contributed by atoms with Crippen molar-refractivity contribution in [2.24, 2.45) is 5.92 Å². The monoisotopic (exact) mass is 256 g/mol. The predicted octanol–water partition coefficient (Wildman–Crippen LogP) is 1.73. The van der Waals surface area contributed by atoms with Crippen molar-refractivity contribution in [2.75, 3.05) is 31.6 Å². The average molecular weight is 256 g/mol. The summed E-state index contributed by atoms with van der Waals surface area (Å²) in [4.78, 5) is 14.3. The van der Waals surface area contributed by atoms with Crippen LogP contribution in [0.15, 0.2) is 0 Å². The van der Waals surface area contributed by atoms with Gasteiger partial charge in [-0.25, -0.2) is 0 Å². The van der Waals surface area contributed by atoms with Gasteiger partial charge in [-0.15, -0.1) is 0 Å². The number of hydrogen-bond donors (Lipinski definition) is 1. The predicted molar refractivity (Wildman–Crippen MR) is 73.3 cm³/mol. The summed E-state index contributed by atoms with van der Waals surface area (Å²) >= 11 is 1.77. The van der Waals surface area contributed by atoms with Crippen molar-refractivity contribution >= 4 is 17.7 Å². The number of carbonyl (C=O) groups excluding carboxylic acids is 1. The number of nitrogens with one attached hydrogen (secondary N) is 1. The van der Waals surface area contributed by atoms with Crippen molar-refractivity contribution < 1.29 is 4.79 Å². The molecule has 1 aliphatic heterocycles. The third-order valence-corrected chi connectivity index (χ3v) is 4.35. The van der Waals surface area contributed by atoms with Crippen LogP contribution in [0.25, 0.3) is 0 Å². The molecule has 0 radical (unpaired) electrons. The summed E-state index contributed by atoms with van der Waals surface area (Å²) in [6, 6.07) is 0.583. The molecule has 1 aliphatic carbocycles. The molecule has 1 heterocycles. The molecule has 17 heavy (non-hydrogen) atoms. The lowest BCUT2D eigenvalue weighted by atomic mass is 9.97. The third-order valence-electron chi connectivity index (χ3n) is 3.74. The SMILES string of the molecule is CSCCC(=O)N(CC1CCNCC1)C1CC1. The summed E-state index contributed by atoms with van der Waals surface area (Å²) in [6.07, 6.45) is 7.73. The second-order valence-electron chi connectivity index (χ2n) is 5.21. The lowest BCUT2D eigenvalue weighted by molar-refractivity contribution is -0.132. The summed E-state index contributed by atoms with van der Waals surface area (Å²) in [5.74, 6) is 2.09. The molecule has 1 N–H and O–H groups in total. The number of carbonyl (C=O) groups is 1. The molecule has 2 rings (SSSR count). The first-order valence-electron chi connectivity index (χ1n) is 6.80. The van der Waals surface area contributed by atoms with E-state index >= 15 is 0 Å². The summed E-state index contributed by atoms with van der Waals surface area (Å²) < 4.78 is 0. The third kappa shape index (κ3) is 4.18. The number of amides is 1. The summed E-state index contributed by atoms with van der Waals surface area (Å²) in [5.41, 5.74) is 0. The van der Waals surface area contributed by atoms with E-state index in [0.717, 1.165) is 37.7 Å². The maximum absolute atomic E-state index is 12.2. The van der Waals surface area contributed by atoms with E-state index in [1.165, 1.54) is 25.7 Å². The maximum Gasteiger partial charge on any atom is 0.223 e. The van der Waals surface area contributed by atoms with Gasteiger partial charge in [-0.3, -0.25) is 4.79 Å². The molecular formula is C13H24N2OS. The Morgan fingerprint density at radius 2 is 2.00 bits per heavy atom. The lowest BCUT2D eigenvalue weighted by Gasteiger charge is -2.30. The molecule has 98 valence electrons. The minimum atomic E-state index is 0.389. The topological polar surface area (TPSA) is 32.3 Å². The number of piperidine rings is 1. The van der Waals surface area contributed by atoms with Crippen LogP contribution in [0.1, 0.15) is 32.1 Å². The highest BCUT2D eigenvalue weighted by molar-refractivity contribution is 7.98. The highest BCUT2D eigenvalue weighted by atomic mass is 32.2. The Kier molecular flexibility index (Phi) is 5.16. The van der Waals surface area contributed by atoms with Crippen LogP contribution < -0.4 is 5.32 Å². The minimum Gasteiger partial charge on any atom is -0.339 e. The van der Waals surface area contributed by atoms with Crippen molar-refractivity contribution in [2.45, 2.75) is 38.1 Å². The number of rotatable bonds is 6. The van der Waals surface area contributed by atoms with Gasteiger partial charge in [-0.2, -0.15) is 11.8 Å². The maximum atomic E-state index is 12.2. The number of thioether (sulfide) groups is 1. The number of nitrogens with zero attached hydrogens (tertiary/aromatic N) is 1. The van der Waals surface area contributed by atoms with E-state index in [-0.39, 0.29) is 0 Å². The Hall–Kier alpha value is -0.220. The minimum absolute atomic E-state index is 0.389. The fourth-order valence-corrected chi connectivity index (χ4v) is 2.89. The molecule has 0 bridgehead atoms. The van der Waals surface area contributed by atoms with Crippen molar-refractivity contribution in [3.63, 3.8) is 0 Å². The Labute approximate surface area is 109 Å². The van der Waals surface area contributed by atoms with Crippen LogP contribution in [0, 0.1) is 5.92 Å². The summed E-state index contributed by atoms with van der Waals surface area (Å²) in [5, 5.41) is 3.39. The Balaban J connectivity index is 1.81. The molecule has 3 nitrogen and oxygen atoms in total. The molecule has 0 aromatic carbocycles. The number of hydrogen-bond acceptors (Lipinski definition) is 3. The van der Waals surface area contributed by atoms with E-state index in [9.17, 15) is 4.79 Å². The van der Waals surface area contributed by atoms with E-state index in [1.807, 2.05) is 0 Å². The second-order valence-corrected chi connectivity index (χ2v) is 6.20. The average Bonchev–Trinajstić information content (AvgIpc) is 3.18. The van der Waals surface area contributed by atoms with Crippen molar-refractivity contribution in [3.05, 3.63) is 0 Å². The second kappa shape index (κ2) is 6.64. The van der Waals surface area contributed by atoms with Gasteiger partial charge in [-0.1, -0.05) is 0 Å². The zero-order chi connectivity index (χ0) is 12.1. The first-order chi connectivity index (χ1) is 8.31. The van der Waals surface area contributed by atoms with Crippen LogP contribution in [0.5, 0.6) is 0 Å². The molecule has 0 spiro atoms. The van der Waals surface area contributed by atoms with E-state index in [1.54, 1.807) is 11.8 Å². The van der Waals surface area contributed by atoms with Gasteiger partial charge in [0.15, 0.2) is 0 Å². The van der Waals surface area contributed by atoms with Gasteiger partial charge in [-0.05, 0) is 50.9 Å². The summed E-state index contributed by atoms with van der Waals surface area (Å²) in [6.45, 7) is 3.27. The molecule has 1 saturated carbocycles. The lowest BCUT2D eigenvalue weighted by Crippen LogP contribution is -2.40. The van der Waals surface area contributed by atoms with Crippen LogP contribution in [-0.2, 0) is 4.79 Å². The molecule has 2 fully saturated rings. The molecule has 1 amide bonds. The molecule has 0 aromatic heterocycles. The highest BCUT2D eigenvalue weighted by Gasteiger charge is 2.33. The van der Waals surface area contributed by atoms with Crippen LogP contribution in [0.4, 0.5) is 0 Å². The Morgan fingerprint density at radius 3 is 2.59 bits per heavy atom. The highest BCUT2D eigenvalue weighted by Crippen LogP contribution is 2.29. The molecule has 0 atom stereocenters. The van der Waals surface area contributed by atoms with Crippen LogP contribution >= 0.6 is 11.8 Å². The van der Waals surface area contributed by atoms with E-state index in [4.69, 9.17) is 0 Å². The van der Waals surface area contributed by atoms with Gasteiger partial charge in [0.2, 0.25) is 5.91 Å². The quantitative estimate of drug-likeness (QED) is 0.785. The molecule has 0 unspecified atom stereocenters.